The minimum Gasteiger partial charge on any atom is -0.380 e. The van der Waals surface area contributed by atoms with Crippen molar-refractivity contribution in [3.05, 3.63) is 35.4 Å². The van der Waals surface area contributed by atoms with Crippen LogP contribution in [0.25, 0.3) is 0 Å². The predicted molar refractivity (Wildman–Crippen MR) is 67.8 cm³/mol. The largest absolute Gasteiger partial charge is 0.380 e. The highest BCUT2D eigenvalue weighted by Gasteiger charge is 2.09. The number of benzene rings is 1. The number of ether oxygens (including phenoxy) is 1. The zero-order valence-corrected chi connectivity index (χ0v) is 10.4. The van der Waals surface area contributed by atoms with Crippen molar-refractivity contribution in [2.45, 2.75) is 26.0 Å². The summed E-state index contributed by atoms with van der Waals surface area (Å²) in [6.45, 7) is 2.96. The molecule has 1 amide bonds. The van der Waals surface area contributed by atoms with Gasteiger partial charge in [-0.2, -0.15) is 0 Å². The van der Waals surface area contributed by atoms with Gasteiger partial charge in [-0.05, 0) is 25.0 Å². The third-order valence-corrected chi connectivity index (χ3v) is 2.45. The van der Waals surface area contributed by atoms with Crippen molar-refractivity contribution in [1.82, 2.24) is 5.32 Å². The third kappa shape index (κ3) is 4.54. The van der Waals surface area contributed by atoms with E-state index in [0.717, 1.165) is 12.0 Å². The SMILES string of the molecule is COCc1ccccc1C(=O)NCCC(C)N. The molecule has 1 rings (SSSR count). The van der Waals surface area contributed by atoms with Crippen LogP contribution in [0.4, 0.5) is 0 Å². The Balaban J connectivity index is 2.61. The molecule has 0 radical (unpaired) electrons. The highest BCUT2D eigenvalue weighted by atomic mass is 16.5. The molecule has 1 atom stereocenters. The van der Waals surface area contributed by atoms with Crippen LogP contribution in [-0.2, 0) is 11.3 Å². The molecule has 0 fully saturated rings. The molecule has 0 spiro atoms. The molecule has 0 heterocycles. The zero-order chi connectivity index (χ0) is 12.7. The van der Waals surface area contributed by atoms with Crippen molar-refractivity contribution in [3.8, 4) is 0 Å². The van der Waals surface area contributed by atoms with Crippen LogP contribution in [0.15, 0.2) is 24.3 Å². The fourth-order valence-corrected chi connectivity index (χ4v) is 1.53. The summed E-state index contributed by atoms with van der Waals surface area (Å²) < 4.78 is 5.06. The van der Waals surface area contributed by atoms with E-state index in [9.17, 15) is 4.79 Å². The number of amides is 1. The fourth-order valence-electron chi connectivity index (χ4n) is 1.53. The van der Waals surface area contributed by atoms with Crippen LogP contribution < -0.4 is 11.1 Å². The van der Waals surface area contributed by atoms with Crippen LogP contribution in [0.2, 0.25) is 0 Å². The normalized spacial score (nSPS) is 12.2. The van der Waals surface area contributed by atoms with E-state index < -0.39 is 0 Å². The van der Waals surface area contributed by atoms with E-state index in [4.69, 9.17) is 10.5 Å². The quantitative estimate of drug-likeness (QED) is 0.782. The maximum atomic E-state index is 11.9. The Morgan fingerprint density at radius 3 is 2.82 bits per heavy atom. The average molecular weight is 236 g/mol. The Labute approximate surface area is 102 Å². The van der Waals surface area contributed by atoms with Crippen molar-refractivity contribution >= 4 is 5.91 Å². The van der Waals surface area contributed by atoms with Crippen molar-refractivity contribution < 1.29 is 9.53 Å². The molecule has 3 N–H and O–H groups in total. The Hall–Kier alpha value is -1.39. The van der Waals surface area contributed by atoms with Crippen molar-refractivity contribution in [1.29, 1.82) is 0 Å². The summed E-state index contributed by atoms with van der Waals surface area (Å²) in [6, 6.07) is 7.54. The fraction of sp³-hybridized carbons (Fsp3) is 0.462. The van der Waals surface area contributed by atoms with Gasteiger partial charge in [-0.25, -0.2) is 0 Å². The highest BCUT2D eigenvalue weighted by molar-refractivity contribution is 5.95. The molecule has 0 aliphatic carbocycles. The Kier molecular flexibility index (Phi) is 5.66. The first-order chi connectivity index (χ1) is 8.15. The number of methoxy groups -OCH3 is 1. The first kappa shape index (κ1) is 13.7. The minimum absolute atomic E-state index is 0.0710. The van der Waals surface area contributed by atoms with Crippen LogP contribution in [0.1, 0.15) is 29.3 Å². The van der Waals surface area contributed by atoms with E-state index in [1.807, 2.05) is 25.1 Å². The average Bonchev–Trinajstić information content (AvgIpc) is 2.29. The van der Waals surface area contributed by atoms with Gasteiger partial charge in [0.05, 0.1) is 6.61 Å². The maximum Gasteiger partial charge on any atom is 0.251 e. The molecule has 0 aromatic heterocycles. The van der Waals surface area contributed by atoms with E-state index >= 15 is 0 Å². The number of hydrogen-bond donors (Lipinski definition) is 2. The van der Waals surface area contributed by atoms with E-state index in [2.05, 4.69) is 5.32 Å². The summed E-state index contributed by atoms with van der Waals surface area (Å²) >= 11 is 0. The molecule has 0 saturated heterocycles. The number of rotatable bonds is 6. The number of carbonyl (C=O) groups is 1. The van der Waals surface area contributed by atoms with Gasteiger partial charge in [0.25, 0.3) is 5.91 Å². The van der Waals surface area contributed by atoms with E-state index in [1.165, 1.54) is 0 Å². The number of hydrogen-bond acceptors (Lipinski definition) is 3. The maximum absolute atomic E-state index is 11.9. The molecule has 17 heavy (non-hydrogen) atoms. The van der Waals surface area contributed by atoms with Gasteiger partial charge in [-0.3, -0.25) is 4.79 Å². The third-order valence-electron chi connectivity index (χ3n) is 2.45. The molecular formula is C13H20N2O2. The summed E-state index contributed by atoms with van der Waals surface area (Å²) in [5.74, 6) is -0.0710. The smallest absolute Gasteiger partial charge is 0.251 e. The molecule has 4 heteroatoms. The van der Waals surface area contributed by atoms with Gasteiger partial charge in [0, 0.05) is 25.3 Å². The van der Waals surface area contributed by atoms with E-state index in [-0.39, 0.29) is 11.9 Å². The summed E-state index contributed by atoms with van der Waals surface area (Å²) in [6.07, 6.45) is 0.776. The second-order valence-corrected chi connectivity index (χ2v) is 4.11. The highest BCUT2D eigenvalue weighted by Crippen LogP contribution is 2.09. The molecular weight excluding hydrogens is 216 g/mol. The van der Waals surface area contributed by atoms with Crippen LogP contribution in [-0.4, -0.2) is 25.6 Å². The Bertz CT molecular complexity index is 364. The first-order valence-electron chi connectivity index (χ1n) is 5.75. The topological polar surface area (TPSA) is 64.3 Å². The van der Waals surface area contributed by atoms with Gasteiger partial charge in [-0.1, -0.05) is 18.2 Å². The molecule has 1 unspecified atom stereocenters. The summed E-state index contributed by atoms with van der Waals surface area (Å²) in [7, 11) is 1.62. The van der Waals surface area contributed by atoms with Crippen molar-refractivity contribution in [2.24, 2.45) is 5.73 Å². The van der Waals surface area contributed by atoms with Gasteiger partial charge in [0.2, 0.25) is 0 Å². The lowest BCUT2D eigenvalue weighted by Crippen LogP contribution is -2.29. The van der Waals surface area contributed by atoms with Gasteiger partial charge in [0.1, 0.15) is 0 Å². The molecule has 94 valence electrons. The number of nitrogens with two attached hydrogens (primary N) is 1. The van der Waals surface area contributed by atoms with Crippen LogP contribution in [0.5, 0.6) is 0 Å². The summed E-state index contributed by atoms with van der Waals surface area (Å²) in [5, 5.41) is 2.85. The van der Waals surface area contributed by atoms with Gasteiger partial charge >= 0.3 is 0 Å². The standard InChI is InChI=1S/C13H20N2O2/c1-10(14)7-8-15-13(16)12-6-4-3-5-11(12)9-17-2/h3-6,10H,7-9,14H2,1-2H3,(H,15,16). The van der Waals surface area contributed by atoms with Crippen LogP contribution >= 0.6 is 0 Å². The van der Waals surface area contributed by atoms with Crippen molar-refractivity contribution in [2.75, 3.05) is 13.7 Å². The number of nitrogens with one attached hydrogen (secondary N) is 1. The molecule has 0 aliphatic heterocycles. The van der Waals surface area contributed by atoms with Gasteiger partial charge in [0.15, 0.2) is 0 Å². The van der Waals surface area contributed by atoms with Gasteiger partial charge in [-0.15, -0.1) is 0 Å². The molecule has 0 bridgehead atoms. The number of carbonyl (C=O) groups excluding carboxylic acids is 1. The minimum atomic E-state index is -0.0710. The first-order valence-corrected chi connectivity index (χ1v) is 5.75. The predicted octanol–water partition coefficient (Wildman–Crippen LogP) is 1.30. The Morgan fingerprint density at radius 1 is 1.47 bits per heavy atom. The molecule has 4 nitrogen and oxygen atoms in total. The lowest BCUT2D eigenvalue weighted by molar-refractivity contribution is 0.0948. The molecule has 0 aliphatic rings. The van der Waals surface area contributed by atoms with E-state index in [1.54, 1.807) is 13.2 Å². The van der Waals surface area contributed by atoms with Gasteiger partial charge < -0.3 is 15.8 Å². The monoisotopic (exact) mass is 236 g/mol. The zero-order valence-electron chi connectivity index (χ0n) is 10.4. The van der Waals surface area contributed by atoms with Crippen LogP contribution in [0.3, 0.4) is 0 Å². The van der Waals surface area contributed by atoms with E-state index in [0.29, 0.717) is 18.7 Å². The van der Waals surface area contributed by atoms with Crippen LogP contribution in [0, 0.1) is 0 Å². The van der Waals surface area contributed by atoms with Crippen molar-refractivity contribution in [3.63, 3.8) is 0 Å². The summed E-state index contributed by atoms with van der Waals surface area (Å²) in [5.41, 5.74) is 7.19. The molecule has 0 saturated carbocycles. The molecule has 1 aromatic carbocycles. The lowest BCUT2D eigenvalue weighted by Gasteiger charge is -2.10. The Morgan fingerprint density at radius 2 is 2.18 bits per heavy atom. The second-order valence-electron chi connectivity index (χ2n) is 4.11. The molecule has 1 aromatic rings. The lowest BCUT2D eigenvalue weighted by atomic mass is 10.1. The summed E-state index contributed by atoms with van der Waals surface area (Å²) in [4.78, 5) is 11.9. The second kappa shape index (κ2) is 7.04.